The van der Waals surface area contributed by atoms with E-state index in [-0.39, 0.29) is 18.0 Å². The summed E-state index contributed by atoms with van der Waals surface area (Å²) in [5.74, 6) is 0.232. The van der Waals surface area contributed by atoms with Gasteiger partial charge in [-0.2, -0.15) is 0 Å². The number of likely N-dealkylation sites (tertiary alicyclic amines) is 1. The van der Waals surface area contributed by atoms with Gasteiger partial charge in [-0.25, -0.2) is 0 Å². The highest BCUT2D eigenvalue weighted by molar-refractivity contribution is 5.81. The number of nitrogens with zero attached hydrogens (tertiary/aromatic N) is 1. The molecule has 2 atom stereocenters. The number of nitrogens with one attached hydrogen (secondary N) is 1. The Labute approximate surface area is 109 Å². The Morgan fingerprint density at radius 3 is 2.39 bits per heavy atom. The van der Waals surface area contributed by atoms with E-state index in [1.165, 1.54) is 5.56 Å². The summed E-state index contributed by atoms with van der Waals surface area (Å²) in [5.41, 5.74) is 1.22. The highest BCUT2D eigenvalue weighted by Gasteiger charge is 2.24. The van der Waals surface area contributed by atoms with Crippen molar-refractivity contribution in [3.8, 4) is 0 Å². The Bertz CT molecular complexity index is 385. The SMILES string of the molecule is CC(N[C@H](C)c1ccccc1)C(=O)N1CCCC1. The largest absolute Gasteiger partial charge is 0.341 e. The van der Waals surface area contributed by atoms with Crippen LogP contribution >= 0.6 is 0 Å². The van der Waals surface area contributed by atoms with Crippen LogP contribution in [-0.4, -0.2) is 29.9 Å². The molecule has 98 valence electrons. The van der Waals surface area contributed by atoms with E-state index in [9.17, 15) is 4.79 Å². The number of carbonyl (C=O) groups is 1. The van der Waals surface area contributed by atoms with Gasteiger partial charge in [0.05, 0.1) is 6.04 Å². The van der Waals surface area contributed by atoms with E-state index in [2.05, 4.69) is 24.4 Å². The molecule has 1 saturated heterocycles. The summed E-state index contributed by atoms with van der Waals surface area (Å²) in [5, 5.41) is 3.38. The van der Waals surface area contributed by atoms with Crippen LogP contribution in [0.5, 0.6) is 0 Å². The maximum atomic E-state index is 12.2. The molecule has 1 fully saturated rings. The molecule has 1 aliphatic rings. The Morgan fingerprint density at radius 2 is 1.78 bits per heavy atom. The van der Waals surface area contributed by atoms with E-state index in [1.54, 1.807) is 0 Å². The van der Waals surface area contributed by atoms with Crippen LogP contribution in [0.15, 0.2) is 30.3 Å². The smallest absolute Gasteiger partial charge is 0.239 e. The van der Waals surface area contributed by atoms with E-state index in [0.717, 1.165) is 25.9 Å². The molecule has 1 heterocycles. The van der Waals surface area contributed by atoms with Gasteiger partial charge in [0.1, 0.15) is 0 Å². The molecule has 0 spiro atoms. The van der Waals surface area contributed by atoms with Crippen molar-refractivity contribution in [1.29, 1.82) is 0 Å². The normalized spacial score (nSPS) is 18.7. The molecule has 2 rings (SSSR count). The van der Waals surface area contributed by atoms with Crippen molar-refractivity contribution in [1.82, 2.24) is 10.2 Å². The number of hydrogen-bond donors (Lipinski definition) is 1. The molecule has 0 bridgehead atoms. The topological polar surface area (TPSA) is 32.3 Å². The minimum Gasteiger partial charge on any atom is -0.341 e. The summed E-state index contributed by atoms with van der Waals surface area (Å²) >= 11 is 0. The first kappa shape index (κ1) is 13.1. The van der Waals surface area contributed by atoms with Gasteiger partial charge in [-0.3, -0.25) is 10.1 Å². The van der Waals surface area contributed by atoms with Gasteiger partial charge in [0.15, 0.2) is 0 Å². The molecule has 0 aliphatic carbocycles. The highest BCUT2D eigenvalue weighted by Crippen LogP contribution is 2.14. The lowest BCUT2D eigenvalue weighted by Gasteiger charge is -2.24. The second kappa shape index (κ2) is 6.01. The van der Waals surface area contributed by atoms with E-state index < -0.39 is 0 Å². The van der Waals surface area contributed by atoms with Gasteiger partial charge in [0.2, 0.25) is 5.91 Å². The number of carbonyl (C=O) groups excluding carboxylic acids is 1. The highest BCUT2D eigenvalue weighted by atomic mass is 16.2. The van der Waals surface area contributed by atoms with Crippen LogP contribution in [0.1, 0.15) is 38.3 Å². The van der Waals surface area contributed by atoms with Gasteiger partial charge in [-0.1, -0.05) is 30.3 Å². The minimum absolute atomic E-state index is 0.113. The maximum Gasteiger partial charge on any atom is 0.239 e. The molecule has 3 nitrogen and oxygen atoms in total. The number of rotatable bonds is 4. The van der Waals surface area contributed by atoms with Crippen LogP contribution in [0.4, 0.5) is 0 Å². The number of benzene rings is 1. The summed E-state index contributed by atoms with van der Waals surface area (Å²) in [4.78, 5) is 14.1. The summed E-state index contributed by atoms with van der Waals surface area (Å²) in [6.07, 6.45) is 2.29. The van der Waals surface area contributed by atoms with Crippen LogP contribution < -0.4 is 5.32 Å². The summed E-state index contributed by atoms with van der Waals surface area (Å²) in [6, 6.07) is 10.3. The average molecular weight is 246 g/mol. The number of hydrogen-bond acceptors (Lipinski definition) is 2. The van der Waals surface area contributed by atoms with Crippen molar-refractivity contribution in [3.05, 3.63) is 35.9 Å². The summed E-state index contributed by atoms with van der Waals surface area (Å²) in [7, 11) is 0. The Kier molecular flexibility index (Phi) is 4.37. The standard InChI is InChI=1S/C15H22N2O/c1-12(14-8-4-3-5-9-14)16-13(2)15(18)17-10-6-7-11-17/h3-5,8-9,12-13,16H,6-7,10-11H2,1-2H3/t12-,13?/m1/s1. The van der Waals surface area contributed by atoms with E-state index in [4.69, 9.17) is 0 Å². The van der Waals surface area contributed by atoms with Crippen LogP contribution in [0.25, 0.3) is 0 Å². The molecule has 18 heavy (non-hydrogen) atoms. The molecule has 0 saturated carbocycles. The molecule has 1 unspecified atom stereocenters. The minimum atomic E-state index is -0.113. The predicted octanol–water partition coefficient (Wildman–Crippen LogP) is 2.35. The number of amides is 1. The Morgan fingerprint density at radius 1 is 1.17 bits per heavy atom. The third kappa shape index (κ3) is 3.10. The van der Waals surface area contributed by atoms with Crippen molar-refractivity contribution in [2.45, 2.75) is 38.8 Å². The fourth-order valence-electron chi connectivity index (χ4n) is 2.50. The summed E-state index contributed by atoms with van der Waals surface area (Å²) < 4.78 is 0. The third-order valence-electron chi connectivity index (χ3n) is 3.59. The van der Waals surface area contributed by atoms with Crippen molar-refractivity contribution in [3.63, 3.8) is 0 Å². The fraction of sp³-hybridized carbons (Fsp3) is 0.533. The third-order valence-corrected chi connectivity index (χ3v) is 3.59. The van der Waals surface area contributed by atoms with Crippen LogP contribution in [-0.2, 0) is 4.79 Å². The average Bonchev–Trinajstić information content (AvgIpc) is 2.92. The Balaban J connectivity index is 1.90. The molecule has 1 aromatic carbocycles. The predicted molar refractivity (Wildman–Crippen MR) is 73.3 cm³/mol. The van der Waals surface area contributed by atoms with Gasteiger partial charge in [0.25, 0.3) is 0 Å². The Hall–Kier alpha value is -1.35. The van der Waals surface area contributed by atoms with Crippen molar-refractivity contribution in [2.24, 2.45) is 0 Å². The molecule has 0 radical (unpaired) electrons. The lowest BCUT2D eigenvalue weighted by molar-refractivity contribution is -0.132. The molecule has 1 amide bonds. The first-order chi connectivity index (χ1) is 8.68. The first-order valence-corrected chi connectivity index (χ1v) is 6.78. The molecule has 1 N–H and O–H groups in total. The lowest BCUT2D eigenvalue weighted by Crippen LogP contribution is -2.44. The molecular formula is C15H22N2O. The zero-order valence-electron chi connectivity index (χ0n) is 11.2. The lowest BCUT2D eigenvalue weighted by atomic mass is 10.1. The second-order valence-electron chi connectivity index (χ2n) is 5.05. The molecule has 1 aromatic rings. The van der Waals surface area contributed by atoms with E-state index in [0.29, 0.717) is 0 Å². The fourth-order valence-corrected chi connectivity index (χ4v) is 2.50. The van der Waals surface area contributed by atoms with Gasteiger partial charge in [0, 0.05) is 19.1 Å². The summed E-state index contributed by atoms with van der Waals surface area (Å²) in [6.45, 7) is 5.90. The van der Waals surface area contributed by atoms with Gasteiger partial charge < -0.3 is 4.90 Å². The van der Waals surface area contributed by atoms with Crippen molar-refractivity contribution in [2.75, 3.05) is 13.1 Å². The van der Waals surface area contributed by atoms with Crippen molar-refractivity contribution < 1.29 is 4.79 Å². The zero-order valence-corrected chi connectivity index (χ0v) is 11.2. The van der Waals surface area contributed by atoms with Gasteiger partial charge in [-0.15, -0.1) is 0 Å². The monoisotopic (exact) mass is 246 g/mol. The van der Waals surface area contributed by atoms with Crippen LogP contribution in [0.3, 0.4) is 0 Å². The molecule has 1 aliphatic heterocycles. The molecule has 0 aromatic heterocycles. The van der Waals surface area contributed by atoms with Crippen molar-refractivity contribution >= 4 is 5.91 Å². The molecular weight excluding hydrogens is 224 g/mol. The van der Waals surface area contributed by atoms with Gasteiger partial charge in [-0.05, 0) is 32.3 Å². The quantitative estimate of drug-likeness (QED) is 0.884. The van der Waals surface area contributed by atoms with Gasteiger partial charge >= 0.3 is 0 Å². The first-order valence-electron chi connectivity index (χ1n) is 6.78. The molecule has 3 heteroatoms. The van der Waals surface area contributed by atoms with Crippen LogP contribution in [0.2, 0.25) is 0 Å². The van der Waals surface area contributed by atoms with Crippen LogP contribution in [0, 0.1) is 0 Å². The zero-order chi connectivity index (χ0) is 13.0. The second-order valence-corrected chi connectivity index (χ2v) is 5.05. The maximum absolute atomic E-state index is 12.2. The van der Waals surface area contributed by atoms with E-state index >= 15 is 0 Å². The van der Waals surface area contributed by atoms with E-state index in [1.807, 2.05) is 30.0 Å².